The second kappa shape index (κ2) is 10.5. The van der Waals surface area contributed by atoms with E-state index in [4.69, 9.17) is 0 Å². The Kier molecular flexibility index (Phi) is 7.76. The topological polar surface area (TPSA) is 23.6 Å². The van der Waals surface area contributed by atoms with Crippen molar-refractivity contribution in [1.29, 1.82) is 0 Å². The van der Waals surface area contributed by atoms with E-state index >= 15 is 0 Å². The third-order valence-electron chi connectivity index (χ3n) is 5.70. The van der Waals surface area contributed by atoms with Crippen LogP contribution in [0.25, 0.3) is 0 Å². The number of halogens is 2. The number of hydrogen-bond acceptors (Lipinski definition) is 2. The average molecular weight is 401 g/mol. The Labute approximate surface area is 172 Å². The van der Waals surface area contributed by atoms with Crippen LogP contribution in [-0.2, 0) is 17.8 Å². The zero-order valence-electron chi connectivity index (χ0n) is 17.1. The lowest BCUT2D eigenvalue weighted by Gasteiger charge is -2.39. The Bertz CT molecular complexity index is 789. The van der Waals surface area contributed by atoms with E-state index in [9.17, 15) is 13.6 Å². The van der Waals surface area contributed by atoms with Gasteiger partial charge in [0.25, 0.3) is 0 Å². The molecule has 1 fully saturated rings. The van der Waals surface area contributed by atoms with E-state index < -0.39 is 11.6 Å². The van der Waals surface area contributed by atoms with Gasteiger partial charge in [-0.3, -0.25) is 4.79 Å². The Morgan fingerprint density at radius 2 is 1.83 bits per heavy atom. The molecule has 0 unspecified atom stereocenters. The Morgan fingerprint density at radius 3 is 2.48 bits per heavy atom. The number of likely N-dealkylation sites (tertiary alicyclic amines) is 1. The number of nitrogens with zero attached hydrogens (tertiary/aromatic N) is 2. The van der Waals surface area contributed by atoms with E-state index in [1.54, 1.807) is 0 Å². The number of carbonyl (C=O) groups excluding carboxylic acids is 1. The minimum absolute atomic E-state index is 0.0546. The Morgan fingerprint density at radius 1 is 1.10 bits per heavy atom. The highest BCUT2D eigenvalue weighted by atomic mass is 19.1. The molecule has 0 atom stereocenters. The summed E-state index contributed by atoms with van der Waals surface area (Å²) in [4.78, 5) is 17.0. The van der Waals surface area contributed by atoms with Gasteiger partial charge in [-0.15, -0.1) is 0 Å². The molecule has 3 nitrogen and oxygen atoms in total. The highest BCUT2D eigenvalue weighted by Crippen LogP contribution is 2.22. The number of carbonyl (C=O) groups is 1. The highest BCUT2D eigenvalue weighted by molar-refractivity contribution is 5.76. The van der Waals surface area contributed by atoms with Gasteiger partial charge >= 0.3 is 0 Å². The number of piperidine rings is 1. The minimum Gasteiger partial charge on any atom is -0.335 e. The lowest BCUT2D eigenvalue weighted by Crippen LogP contribution is -2.47. The molecular formula is C24H30F2N2O. The van der Waals surface area contributed by atoms with E-state index in [1.807, 2.05) is 17.9 Å². The first kappa shape index (κ1) is 21.4. The van der Waals surface area contributed by atoms with Crippen LogP contribution in [0.4, 0.5) is 8.78 Å². The summed E-state index contributed by atoms with van der Waals surface area (Å²) >= 11 is 0. The molecule has 5 heteroatoms. The number of rotatable bonds is 8. The van der Waals surface area contributed by atoms with Crippen molar-refractivity contribution < 1.29 is 13.6 Å². The maximum Gasteiger partial charge on any atom is 0.223 e. The second-order valence-electron chi connectivity index (χ2n) is 7.82. The van der Waals surface area contributed by atoms with Gasteiger partial charge in [0.15, 0.2) is 0 Å². The van der Waals surface area contributed by atoms with Gasteiger partial charge in [-0.1, -0.05) is 43.3 Å². The first-order chi connectivity index (χ1) is 14.1. The largest absolute Gasteiger partial charge is 0.335 e. The number of amides is 1. The molecule has 1 amide bonds. The number of hydrogen-bond donors (Lipinski definition) is 0. The zero-order valence-corrected chi connectivity index (χ0v) is 17.1. The molecule has 0 radical (unpaired) electrons. The molecule has 0 spiro atoms. The molecule has 3 rings (SSSR count). The van der Waals surface area contributed by atoms with Gasteiger partial charge in [-0.2, -0.15) is 0 Å². The van der Waals surface area contributed by atoms with Gasteiger partial charge in [0, 0.05) is 50.3 Å². The minimum atomic E-state index is -0.593. The van der Waals surface area contributed by atoms with Crippen LogP contribution in [0.15, 0.2) is 48.5 Å². The smallest absolute Gasteiger partial charge is 0.223 e. The molecule has 1 heterocycles. The molecule has 1 saturated heterocycles. The summed E-state index contributed by atoms with van der Waals surface area (Å²) < 4.78 is 27.4. The molecule has 1 aliphatic heterocycles. The number of benzene rings is 2. The first-order valence-corrected chi connectivity index (χ1v) is 10.6. The molecular weight excluding hydrogens is 370 g/mol. The van der Waals surface area contributed by atoms with Crippen LogP contribution in [0.2, 0.25) is 0 Å². The third kappa shape index (κ3) is 6.10. The van der Waals surface area contributed by atoms with E-state index in [1.165, 1.54) is 17.7 Å². The summed E-state index contributed by atoms with van der Waals surface area (Å²) in [6.45, 7) is 5.05. The van der Waals surface area contributed by atoms with Gasteiger partial charge in [-0.25, -0.2) is 8.78 Å². The monoisotopic (exact) mass is 400 g/mol. The predicted molar refractivity (Wildman–Crippen MR) is 111 cm³/mol. The van der Waals surface area contributed by atoms with Crippen LogP contribution < -0.4 is 0 Å². The van der Waals surface area contributed by atoms with Gasteiger partial charge < -0.3 is 9.80 Å². The second-order valence-corrected chi connectivity index (χ2v) is 7.82. The van der Waals surface area contributed by atoms with E-state index in [-0.39, 0.29) is 18.5 Å². The van der Waals surface area contributed by atoms with Gasteiger partial charge in [0.2, 0.25) is 5.91 Å². The van der Waals surface area contributed by atoms with Gasteiger partial charge in [0.1, 0.15) is 11.6 Å². The fourth-order valence-electron chi connectivity index (χ4n) is 4.00. The fraction of sp³-hybridized carbons (Fsp3) is 0.458. The van der Waals surface area contributed by atoms with Crippen LogP contribution in [0, 0.1) is 11.6 Å². The Balaban J connectivity index is 1.59. The van der Waals surface area contributed by atoms with E-state index in [0.717, 1.165) is 51.4 Å². The van der Waals surface area contributed by atoms with Crippen molar-refractivity contribution >= 4 is 5.91 Å². The van der Waals surface area contributed by atoms with Crippen LogP contribution in [0.5, 0.6) is 0 Å². The highest BCUT2D eigenvalue weighted by Gasteiger charge is 2.28. The summed E-state index contributed by atoms with van der Waals surface area (Å²) in [7, 11) is 0. The van der Waals surface area contributed by atoms with Crippen LogP contribution >= 0.6 is 0 Å². The van der Waals surface area contributed by atoms with Crippen LogP contribution in [0.1, 0.15) is 43.7 Å². The summed E-state index contributed by atoms with van der Waals surface area (Å²) in [5.74, 6) is -1.12. The van der Waals surface area contributed by atoms with E-state index in [2.05, 4.69) is 29.2 Å². The summed E-state index contributed by atoms with van der Waals surface area (Å²) in [5, 5.41) is 0. The molecule has 2 aromatic rings. The van der Waals surface area contributed by atoms with Crippen molar-refractivity contribution in [1.82, 2.24) is 9.80 Å². The molecule has 0 aromatic heterocycles. The lowest BCUT2D eigenvalue weighted by molar-refractivity contribution is -0.135. The quantitative estimate of drug-likeness (QED) is 0.635. The molecule has 29 heavy (non-hydrogen) atoms. The van der Waals surface area contributed by atoms with Crippen molar-refractivity contribution in [3.05, 3.63) is 71.3 Å². The molecule has 0 aliphatic carbocycles. The maximum atomic E-state index is 14.2. The van der Waals surface area contributed by atoms with Crippen molar-refractivity contribution in [2.24, 2.45) is 0 Å². The van der Waals surface area contributed by atoms with Gasteiger partial charge in [0.05, 0.1) is 0 Å². The molecule has 0 N–H and O–H groups in total. The predicted octanol–water partition coefficient (Wildman–Crippen LogP) is 4.80. The van der Waals surface area contributed by atoms with Gasteiger partial charge in [-0.05, 0) is 37.3 Å². The first-order valence-electron chi connectivity index (χ1n) is 10.6. The van der Waals surface area contributed by atoms with Crippen molar-refractivity contribution in [2.45, 2.75) is 51.6 Å². The molecule has 2 aromatic carbocycles. The van der Waals surface area contributed by atoms with Crippen molar-refractivity contribution in [2.75, 3.05) is 19.6 Å². The SMILES string of the molecule is CCCC(=O)N(Cc1ccc(F)cc1F)C1CCN(CCc2ccccc2)CC1. The summed E-state index contributed by atoms with van der Waals surface area (Å²) in [6, 6.07) is 14.2. The third-order valence-corrected chi connectivity index (χ3v) is 5.70. The van der Waals surface area contributed by atoms with Crippen molar-refractivity contribution in [3.63, 3.8) is 0 Å². The molecule has 156 valence electrons. The Hall–Kier alpha value is -2.27. The maximum absolute atomic E-state index is 14.2. The van der Waals surface area contributed by atoms with Crippen LogP contribution in [0.3, 0.4) is 0 Å². The summed E-state index contributed by atoms with van der Waals surface area (Å²) in [5.41, 5.74) is 1.71. The standard InChI is InChI=1S/C24H30F2N2O/c1-2-6-24(29)28(18-20-9-10-21(25)17-23(20)26)22-12-15-27(16-13-22)14-11-19-7-4-3-5-8-19/h3-5,7-10,17,22H,2,6,11-16,18H2,1H3. The lowest BCUT2D eigenvalue weighted by atomic mass is 10.0. The molecule has 0 saturated carbocycles. The zero-order chi connectivity index (χ0) is 20.6. The normalized spacial score (nSPS) is 15.4. The summed E-state index contributed by atoms with van der Waals surface area (Å²) in [6.07, 6.45) is 4.00. The van der Waals surface area contributed by atoms with E-state index in [0.29, 0.717) is 12.0 Å². The van der Waals surface area contributed by atoms with Crippen molar-refractivity contribution in [3.8, 4) is 0 Å². The molecule has 1 aliphatic rings. The average Bonchev–Trinajstić information content (AvgIpc) is 2.73. The fourth-order valence-corrected chi connectivity index (χ4v) is 4.00. The van der Waals surface area contributed by atoms with Crippen LogP contribution in [-0.4, -0.2) is 41.4 Å². The molecule has 0 bridgehead atoms.